The lowest BCUT2D eigenvalue weighted by molar-refractivity contribution is 0.120. The summed E-state index contributed by atoms with van der Waals surface area (Å²) in [5, 5.41) is 0. The molecule has 19 heavy (non-hydrogen) atoms. The Hall–Kier alpha value is -1.33. The van der Waals surface area contributed by atoms with Gasteiger partial charge in [-0.25, -0.2) is 0 Å². The monoisotopic (exact) mass is 265 g/mol. The largest absolute Gasteiger partial charge is 0.493 e. The van der Waals surface area contributed by atoms with Crippen molar-refractivity contribution < 1.29 is 9.47 Å². The minimum Gasteiger partial charge on any atom is -0.493 e. The Kier molecular flexibility index (Phi) is 4.99. The summed E-state index contributed by atoms with van der Waals surface area (Å²) >= 11 is 0. The Bertz CT molecular complexity index is 408. The Morgan fingerprint density at radius 3 is 2.68 bits per heavy atom. The van der Waals surface area contributed by atoms with Gasteiger partial charge in [-0.1, -0.05) is 6.42 Å². The molecule has 1 aliphatic rings. The average Bonchev–Trinajstić information content (AvgIpc) is 2.36. The lowest BCUT2D eigenvalue weighted by Gasteiger charge is -2.37. The van der Waals surface area contributed by atoms with Gasteiger partial charge in [0, 0.05) is 37.9 Å². The molecular weight excluding hydrogens is 242 g/mol. The second-order valence-electron chi connectivity index (χ2n) is 4.84. The highest BCUT2D eigenvalue weighted by Gasteiger charge is 2.26. The molecule has 5 heteroatoms. The fraction of sp³-hybridized carbons (Fsp3) is 0.643. The number of hydrogen-bond acceptors (Lipinski definition) is 5. The van der Waals surface area contributed by atoms with Crippen molar-refractivity contribution in [3.8, 4) is 11.5 Å². The molecule has 106 valence electrons. The van der Waals surface area contributed by atoms with E-state index in [4.69, 9.17) is 15.2 Å². The van der Waals surface area contributed by atoms with E-state index in [9.17, 15) is 0 Å². The number of ether oxygens (including phenoxy) is 2. The average molecular weight is 265 g/mol. The van der Waals surface area contributed by atoms with Gasteiger partial charge in [-0.3, -0.25) is 9.88 Å². The van der Waals surface area contributed by atoms with Crippen LogP contribution in [0.3, 0.4) is 0 Å². The molecule has 0 bridgehead atoms. The lowest BCUT2D eigenvalue weighted by Crippen LogP contribution is -2.42. The molecule has 0 saturated heterocycles. The summed E-state index contributed by atoms with van der Waals surface area (Å²) in [6, 6.07) is 2.46. The standard InChI is InChI=1S/C14H23N3O2/c1-18-13-6-8-16-12(14(13)19-2)10-17(9-7-15)11-4-3-5-11/h6,8,11H,3-5,7,9-10,15H2,1-2H3. The number of pyridine rings is 1. The number of rotatable bonds is 7. The molecule has 1 aromatic heterocycles. The van der Waals surface area contributed by atoms with Crippen LogP contribution in [-0.2, 0) is 6.54 Å². The molecular formula is C14H23N3O2. The van der Waals surface area contributed by atoms with Crippen molar-refractivity contribution in [1.29, 1.82) is 0 Å². The van der Waals surface area contributed by atoms with Crippen LogP contribution in [0.1, 0.15) is 25.0 Å². The van der Waals surface area contributed by atoms with Crippen LogP contribution in [0, 0.1) is 0 Å². The molecule has 1 aliphatic carbocycles. The van der Waals surface area contributed by atoms with Gasteiger partial charge in [-0.2, -0.15) is 0 Å². The van der Waals surface area contributed by atoms with Crippen molar-refractivity contribution >= 4 is 0 Å². The normalized spacial score (nSPS) is 15.4. The summed E-state index contributed by atoms with van der Waals surface area (Å²) in [6.07, 6.45) is 5.59. The number of hydrogen-bond donors (Lipinski definition) is 1. The first-order valence-corrected chi connectivity index (χ1v) is 6.80. The van der Waals surface area contributed by atoms with Crippen LogP contribution in [-0.4, -0.2) is 43.2 Å². The maximum atomic E-state index is 5.71. The predicted molar refractivity (Wildman–Crippen MR) is 74.4 cm³/mol. The third-order valence-corrected chi connectivity index (χ3v) is 3.73. The van der Waals surface area contributed by atoms with Crippen molar-refractivity contribution in [3.63, 3.8) is 0 Å². The molecule has 1 fully saturated rings. The molecule has 2 rings (SSSR count). The summed E-state index contributed by atoms with van der Waals surface area (Å²) in [5.74, 6) is 1.46. The number of nitrogens with two attached hydrogens (primary N) is 1. The second-order valence-corrected chi connectivity index (χ2v) is 4.84. The molecule has 5 nitrogen and oxygen atoms in total. The van der Waals surface area contributed by atoms with E-state index < -0.39 is 0 Å². The SMILES string of the molecule is COc1ccnc(CN(CCN)C2CCC2)c1OC. The van der Waals surface area contributed by atoms with E-state index in [-0.39, 0.29) is 0 Å². The van der Waals surface area contributed by atoms with Gasteiger partial charge in [-0.15, -0.1) is 0 Å². The maximum Gasteiger partial charge on any atom is 0.183 e. The van der Waals surface area contributed by atoms with Gasteiger partial charge < -0.3 is 15.2 Å². The van der Waals surface area contributed by atoms with Crippen LogP contribution < -0.4 is 15.2 Å². The van der Waals surface area contributed by atoms with Crippen molar-refractivity contribution in [3.05, 3.63) is 18.0 Å². The first-order valence-electron chi connectivity index (χ1n) is 6.80. The second kappa shape index (κ2) is 6.73. The zero-order valence-corrected chi connectivity index (χ0v) is 11.8. The number of aromatic nitrogens is 1. The molecule has 0 aliphatic heterocycles. The van der Waals surface area contributed by atoms with Gasteiger partial charge in [0.15, 0.2) is 11.5 Å². The van der Waals surface area contributed by atoms with Crippen LogP contribution in [0.25, 0.3) is 0 Å². The summed E-state index contributed by atoms with van der Waals surface area (Å²) in [4.78, 5) is 6.83. The topological polar surface area (TPSA) is 60.6 Å². The molecule has 1 aromatic rings. The van der Waals surface area contributed by atoms with Gasteiger partial charge in [0.25, 0.3) is 0 Å². The minimum absolute atomic E-state index is 0.640. The highest BCUT2D eigenvalue weighted by molar-refractivity contribution is 5.42. The van der Waals surface area contributed by atoms with Crippen molar-refractivity contribution in [1.82, 2.24) is 9.88 Å². The highest BCUT2D eigenvalue weighted by atomic mass is 16.5. The van der Waals surface area contributed by atoms with Gasteiger partial charge in [-0.05, 0) is 12.8 Å². The van der Waals surface area contributed by atoms with E-state index in [1.807, 2.05) is 6.07 Å². The van der Waals surface area contributed by atoms with Crippen molar-refractivity contribution in [2.45, 2.75) is 31.8 Å². The Morgan fingerprint density at radius 2 is 2.16 bits per heavy atom. The minimum atomic E-state index is 0.640. The molecule has 0 spiro atoms. The molecule has 0 atom stereocenters. The lowest BCUT2D eigenvalue weighted by atomic mass is 9.91. The van der Waals surface area contributed by atoms with Gasteiger partial charge >= 0.3 is 0 Å². The fourth-order valence-corrected chi connectivity index (χ4v) is 2.46. The Labute approximate surface area is 114 Å². The predicted octanol–water partition coefficient (Wildman–Crippen LogP) is 1.41. The smallest absolute Gasteiger partial charge is 0.183 e. The van der Waals surface area contributed by atoms with E-state index in [2.05, 4.69) is 9.88 Å². The first-order chi connectivity index (χ1) is 9.30. The first kappa shape index (κ1) is 14.1. The summed E-state index contributed by atoms with van der Waals surface area (Å²) in [5.41, 5.74) is 6.63. The summed E-state index contributed by atoms with van der Waals surface area (Å²) < 4.78 is 10.7. The van der Waals surface area contributed by atoms with Crippen LogP contribution in [0.2, 0.25) is 0 Å². The van der Waals surface area contributed by atoms with Gasteiger partial charge in [0.2, 0.25) is 0 Å². The molecule has 0 unspecified atom stereocenters. The van der Waals surface area contributed by atoms with E-state index >= 15 is 0 Å². The zero-order chi connectivity index (χ0) is 13.7. The molecule has 0 radical (unpaired) electrons. The van der Waals surface area contributed by atoms with Crippen LogP contribution >= 0.6 is 0 Å². The van der Waals surface area contributed by atoms with Crippen molar-refractivity contribution in [2.24, 2.45) is 5.73 Å². The third-order valence-electron chi connectivity index (χ3n) is 3.73. The van der Waals surface area contributed by atoms with Gasteiger partial charge in [0.05, 0.1) is 14.2 Å². The third kappa shape index (κ3) is 3.16. The summed E-state index contributed by atoms with van der Waals surface area (Å²) in [7, 11) is 3.30. The van der Waals surface area contributed by atoms with Crippen molar-refractivity contribution in [2.75, 3.05) is 27.3 Å². The maximum absolute atomic E-state index is 5.71. The Balaban J connectivity index is 2.15. The molecule has 0 amide bonds. The van der Waals surface area contributed by atoms with Crippen LogP contribution in [0.5, 0.6) is 11.5 Å². The van der Waals surface area contributed by atoms with E-state index in [1.54, 1.807) is 20.4 Å². The fourth-order valence-electron chi connectivity index (χ4n) is 2.46. The van der Waals surface area contributed by atoms with E-state index in [0.717, 1.165) is 30.3 Å². The van der Waals surface area contributed by atoms with E-state index in [1.165, 1.54) is 19.3 Å². The molecule has 2 N–H and O–H groups in total. The van der Waals surface area contributed by atoms with Crippen LogP contribution in [0.4, 0.5) is 0 Å². The van der Waals surface area contributed by atoms with Gasteiger partial charge in [0.1, 0.15) is 5.69 Å². The number of nitrogens with zero attached hydrogens (tertiary/aromatic N) is 2. The highest BCUT2D eigenvalue weighted by Crippen LogP contribution is 2.32. The molecule has 1 saturated carbocycles. The summed E-state index contributed by atoms with van der Waals surface area (Å²) in [6.45, 7) is 2.33. The quantitative estimate of drug-likeness (QED) is 0.807. The molecule has 0 aromatic carbocycles. The Morgan fingerprint density at radius 1 is 1.37 bits per heavy atom. The number of methoxy groups -OCH3 is 2. The zero-order valence-electron chi connectivity index (χ0n) is 11.8. The molecule has 1 heterocycles. The van der Waals surface area contributed by atoms with E-state index in [0.29, 0.717) is 12.6 Å². The van der Waals surface area contributed by atoms with Crippen LogP contribution in [0.15, 0.2) is 12.3 Å².